The maximum absolute atomic E-state index is 5.52. The number of rotatable bonds is 4. The maximum Gasteiger partial charge on any atom is 0.0685 e. The molecular formula is C14H26N2. The normalized spacial score (nSPS) is 33.3. The third kappa shape index (κ3) is 2.99. The molecular weight excluding hydrogens is 196 g/mol. The highest BCUT2D eigenvalue weighted by atomic mass is 15.2. The van der Waals surface area contributed by atoms with Crippen molar-refractivity contribution in [3.05, 3.63) is 0 Å². The van der Waals surface area contributed by atoms with Crippen molar-refractivity contribution < 1.29 is 0 Å². The summed E-state index contributed by atoms with van der Waals surface area (Å²) in [7, 11) is 0. The fraction of sp³-hybridized carbons (Fsp3) is 0.857. The van der Waals surface area contributed by atoms with Crippen LogP contribution in [0.4, 0.5) is 0 Å². The van der Waals surface area contributed by atoms with Crippen molar-refractivity contribution in [3.63, 3.8) is 0 Å². The predicted molar refractivity (Wildman–Crippen MR) is 70.3 cm³/mol. The standard InChI is InChI=1S/C14H26N2/c1-6-9-15-14-8-10-16(11(3)7-2)13(5)12(14)4/h2,11-15H,6,8-10H2,1,3-5H3. The van der Waals surface area contributed by atoms with Crippen LogP contribution in [0.5, 0.6) is 0 Å². The molecule has 0 aromatic heterocycles. The summed E-state index contributed by atoms with van der Waals surface area (Å²) in [4.78, 5) is 2.45. The lowest BCUT2D eigenvalue weighted by atomic mass is 9.86. The Balaban J connectivity index is 2.55. The summed E-state index contributed by atoms with van der Waals surface area (Å²) in [6.07, 6.45) is 7.95. The summed E-state index contributed by atoms with van der Waals surface area (Å²) < 4.78 is 0. The Kier molecular flexibility index (Phi) is 5.31. The fourth-order valence-corrected chi connectivity index (χ4v) is 2.65. The van der Waals surface area contributed by atoms with Gasteiger partial charge in [0.25, 0.3) is 0 Å². The number of piperidine rings is 1. The summed E-state index contributed by atoms with van der Waals surface area (Å²) in [5.74, 6) is 3.53. The molecule has 1 heterocycles. The predicted octanol–water partition coefficient (Wildman–Crippen LogP) is 2.11. The average molecular weight is 222 g/mol. The van der Waals surface area contributed by atoms with Gasteiger partial charge in [0.15, 0.2) is 0 Å². The highest BCUT2D eigenvalue weighted by Gasteiger charge is 2.33. The molecule has 1 aliphatic rings. The zero-order chi connectivity index (χ0) is 12.1. The van der Waals surface area contributed by atoms with Crippen molar-refractivity contribution in [1.29, 1.82) is 0 Å². The van der Waals surface area contributed by atoms with E-state index in [4.69, 9.17) is 6.42 Å². The number of nitrogens with zero attached hydrogens (tertiary/aromatic N) is 1. The number of nitrogens with one attached hydrogen (secondary N) is 1. The van der Waals surface area contributed by atoms with Crippen molar-refractivity contribution in [2.24, 2.45) is 5.92 Å². The lowest BCUT2D eigenvalue weighted by Gasteiger charge is -2.44. The van der Waals surface area contributed by atoms with E-state index < -0.39 is 0 Å². The Bertz CT molecular complexity index is 244. The summed E-state index contributed by atoms with van der Waals surface area (Å²) in [5, 5.41) is 3.65. The summed E-state index contributed by atoms with van der Waals surface area (Å²) in [6, 6.07) is 1.51. The van der Waals surface area contributed by atoms with Crippen molar-refractivity contribution >= 4 is 0 Å². The first-order valence-corrected chi connectivity index (χ1v) is 6.57. The molecule has 1 aliphatic heterocycles. The van der Waals surface area contributed by atoms with Gasteiger partial charge in [-0.25, -0.2) is 0 Å². The molecule has 1 N–H and O–H groups in total. The Morgan fingerprint density at radius 2 is 2.19 bits per heavy atom. The summed E-state index contributed by atoms with van der Waals surface area (Å²) in [6.45, 7) is 11.2. The Morgan fingerprint density at radius 1 is 1.50 bits per heavy atom. The molecule has 2 nitrogen and oxygen atoms in total. The number of likely N-dealkylation sites (tertiary alicyclic amines) is 1. The zero-order valence-corrected chi connectivity index (χ0v) is 11.2. The largest absolute Gasteiger partial charge is 0.314 e. The zero-order valence-electron chi connectivity index (χ0n) is 11.2. The molecule has 16 heavy (non-hydrogen) atoms. The van der Waals surface area contributed by atoms with E-state index >= 15 is 0 Å². The second kappa shape index (κ2) is 6.27. The smallest absolute Gasteiger partial charge is 0.0685 e. The van der Waals surface area contributed by atoms with E-state index in [0.717, 1.165) is 13.1 Å². The van der Waals surface area contributed by atoms with Crippen LogP contribution in [0.25, 0.3) is 0 Å². The minimum Gasteiger partial charge on any atom is -0.314 e. The van der Waals surface area contributed by atoms with E-state index in [9.17, 15) is 0 Å². The van der Waals surface area contributed by atoms with Crippen LogP contribution in [-0.4, -0.2) is 36.1 Å². The lowest BCUT2D eigenvalue weighted by molar-refractivity contribution is 0.0710. The SMILES string of the molecule is C#CC(C)N1CCC(NCCC)C(C)C1C. The minimum absolute atomic E-state index is 0.268. The minimum atomic E-state index is 0.268. The maximum atomic E-state index is 5.52. The fourth-order valence-electron chi connectivity index (χ4n) is 2.65. The van der Waals surface area contributed by atoms with Gasteiger partial charge in [-0.2, -0.15) is 0 Å². The van der Waals surface area contributed by atoms with Crippen LogP contribution in [0, 0.1) is 18.3 Å². The third-order valence-electron chi connectivity index (χ3n) is 4.01. The molecule has 0 saturated carbocycles. The molecule has 0 bridgehead atoms. The first-order valence-electron chi connectivity index (χ1n) is 6.57. The van der Waals surface area contributed by atoms with Crippen LogP contribution >= 0.6 is 0 Å². The number of hydrogen-bond acceptors (Lipinski definition) is 2. The van der Waals surface area contributed by atoms with E-state index in [1.807, 2.05) is 0 Å². The molecule has 0 aliphatic carbocycles. The molecule has 4 unspecified atom stereocenters. The van der Waals surface area contributed by atoms with Gasteiger partial charge in [-0.3, -0.25) is 4.90 Å². The average Bonchev–Trinajstić information content (AvgIpc) is 2.30. The second-order valence-corrected chi connectivity index (χ2v) is 5.03. The van der Waals surface area contributed by atoms with E-state index in [-0.39, 0.29) is 6.04 Å². The van der Waals surface area contributed by atoms with Crippen molar-refractivity contribution in [2.45, 2.75) is 58.7 Å². The van der Waals surface area contributed by atoms with Crippen LogP contribution in [0.1, 0.15) is 40.5 Å². The molecule has 0 amide bonds. The quantitative estimate of drug-likeness (QED) is 0.733. The molecule has 4 atom stereocenters. The van der Waals surface area contributed by atoms with E-state index in [0.29, 0.717) is 18.0 Å². The molecule has 0 aromatic carbocycles. The van der Waals surface area contributed by atoms with Crippen molar-refractivity contribution in [3.8, 4) is 12.3 Å². The first-order chi connectivity index (χ1) is 7.61. The van der Waals surface area contributed by atoms with Crippen LogP contribution in [0.2, 0.25) is 0 Å². The Morgan fingerprint density at radius 3 is 2.75 bits per heavy atom. The van der Waals surface area contributed by atoms with E-state index in [1.54, 1.807) is 0 Å². The molecule has 92 valence electrons. The van der Waals surface area contributed by atoms with Crippen molar-refractivity contribution in [2.75, 3.05) is 13.1 Å². The highest BCUT2D eigenvalue weighted by molar-refractivity contribution is 5.01. The molecule has 1 rings (SSSR count). The lowest BCUT2D eigenvalue weighted by Crippen LogP contribution is -2.55. The number of hydrogen-bond donors (Lipinski definition) is 1. The van der Waals surface area contributed by atoms with Gasteiger partial charge in [0.2, 0.25) is 0 Å². The summed E-state index contributed by atoms with van der Waals surface area (Å²) >= 11 is 0. The first kappa shape index (κ1) is 13.5. The topological polar surface area (TPSA) is 15.3 Å². The summed E-state index contributed by atoms with van der Waals surface area (Å²) in [5.41, 5.74) is 0. The van der Waals surface area contributed by atoms with Crippen LogP contribution in [0.15, 0.2) is 0 Å². The van der Waals surface area contributed by atoms with Gasteiger partial charge in [-0.15, -0.1) is 6.42 Å². The van der Waals surface area contributed by atoms with E-state index in [2.05, 4.69) is 43.8 Å². The Hall–Kier alpha value is -0.520. The van der Waals surface area contributed by atoms with Gasteiger partial charge >= 0.3 is 0 Å². The van der Waals surface area contributed by atoms with E-state index in [1.165, 1.54) is 12.8 Å². The monoisotopic (exact) mass is 222 g/mol. The van der Waals surface area contributed by atoms with Gasteiger partial charge < -0.3 is 5.32 Å². The van der Waals surface area contributed by atoms with Gasteiger partial charge in [0.05, 0.1) is 6.04 Å². The molecule has 1 fully saturated rings. The van der Waals surface area contributed by atoms with Crippen LogP contribution in [0.3, 0.4) is 0 Å². The van der Waals surface area contributed by atoms with Gasteiger partial charge in [-0.05, 0) is 39.2 Å². The molecule has 2 heteroatoms. The number of terminal acetylenes is 1. The van der Waals surface area contributed by atoms with Crippen molar-refractivity contribution in [1.82, 2.24) is 10.2 Å². The Labute approximate surface area is 101 Å². The van der Waals surface area contributed by atoms with Gasteiger partial charge in [0.1, 0.15) is 0 Å². The third-order valence-corrected chi connectivity index (χ3v) is 4.01. The van der Waals surface area contributed by atoms with Gasteiger partial charge in [-0.1, -0.05) is 19.8 Å². The highest BCUT2D eigenvalue weighted by Crippen LogP contribution is 2.25. The van der Waals surface area contributed by atoms with Crippen LogP contribution in [-0.2, 0) is 0 Å². The van der Waals surface area contributed by atoms with Gasteiger partial charge in [0, 0.05) is 18.6 Å². The van der Waals surface area contributed by atoms with Crippen LogP contribution < -0.4 is 5.32 Å². The molecule has 0 radical (unpaired) electrons. The molecule has 0 spiro atoms. The second-order valence-electron chi connectivity index (χ2n) is 5.03. The molecule has 0 aromatic rings. The molecule has 1 saturated heterocycles.